The number of hydrogen-bond acceptors (Lipinski definition) is 5. The molecule has 2 heterocycles. The quantitative estimate of drug-likeness (QED) is 0.692. The Kier molecular flexibility index (Phi) is 4.18. The van der Waals surface area contributed by atoms with Gasteiger partial charge in [0, 0.05) is 4.75 Å². The maximum atomic E-state index is 12.5. The second-order valence-corrected chi connectivity index (χ2v) is 8.67. The number of carbonyl (C=O) groups is 3. The molecule has 1 aromatic carbocycles. The maximum Gasteiger partial charge on any atom is 0.327 e. The number of benzene rings is 1. The molecule has 2 aliphatic rings. The average Bonchev–Trinajstić information content (AvgIpc) is 2.80. The first kappa shape index (κ1) is 17.6. The molecule has 0 aliphatic carbocycles. The van der Waals surface area contributed by atoms with Gasteiger partial charge < -0.3 is 20.4 Å². The lowest BCUT2D eigenvalue weighted by molar-refractivity contribution is -0.161. The van der Waals surface area contributed by atoms with Gasteiger partial charge in [-0.05, 0) is 38.5 Å². The SMILES string of the molecule is C[C@@H](C(=O)N[C@@H]1C(=O)N2[C@@H]1SC(C)(C)[C@@H]2C(=O)O)c1ccc(O)cc1. The molecule has 4 atom stereocenters. The number of hydrogen-bond donors (Lipinski definition) is 3. The Bertz CT molecular complexity index is 733. The van der Waals surface area contributed by atoms with E-state index in [4.69, 9.17) is 0 Å². The molecule has 2 aliphatic heterocycles. The fourth-order valence-electron chi connectivity index (χ4n) is 3.34. The Hall–Kier alpha value is -2.22. The highest BCUT2D eigenvalue weighted by Crippen LogP contribution is 2.50. The van der Waals surface area contributed by atoms with E-state index in [1.165, 1.54) is 28.8 Å². The molecule has 2 fully saturated rings. The zero-order chi connectivity index (χ0) is 18.5. The van der Waals surface area contributed by atoms with Crippen LogP contribution in [0.3, 0.4) is 0 Å². The number of aromatic hydroxyl groups is 1. The monoisotopic (exact) mass is 364 g/mol. The van der Waals surface area contributed by atoms with Gasteiger partial charge in [-0.1, -0.05) is 12.1 Å². The summed E-state index contributed by atoms with van der Waals surface area (Å²) in [4.78, 5) is 37.7. The third kappa shape index (κ3) is 2.84. The van der Waals surface area contributed by atoms with Crippen LogP contribution in [0.4, 0.5) is 0 Å². The third-order valence-corrected chi connectivity index (χ3v) is 6.33. The van der Waals surface area contributed by atoms with E-state index in [1.807, 2.05) is 0 Å². The number of aliphatic carboxylic acids is 1. The second-order valence-electron chi connectivity index (χ2n) is 6.90. The van der Waals surface area contributed by atoms with Crippen molar-refractivity contribution in [2.24, 2.45) is 0 Å². The number of thioether (sulfide) groups is 1. The highest BCUT2D eigenvalue weighted by atomic mass is 32.2. The first-order chi connectivity index (χ1) is 11.6. The van der Waals surface area contributed by atoms with Crippen molar-refractivity contribution in [1.82, 2.24) is 10.2 Å². The fourth-order valence-corrected chi connectivity index (χ4v) is 4.96. The smallest absolute Gasteiger partial charge is 0.327 e. The molecule has 25 heavy (non-hydrogen) atoms. The van der Waals surface area contributed by atoms with Gasteiger partial charge in [0.2, 0.25) is 11.8 Å². The third-order valence-electron chi connectivity index (χ3n) is 4.76. The number of carboxylic acid groups (broad SMARTS) is 1. The standard InChI is InChI=1S/C17H20N2O5S/c1-8(9-4-6-10(20)7-5-9)13(21)18-11-14(22)19-12(16(23)24)17(2,3)25-15(11)19/h4-8,11-12,15,20H,1-3H3,(H,18,21)(H,23,24)/t8-,11-,12+,15-/m1/s1. The van der Waals surface area contributed by atoms with Crippen molar-refractivity contribution in [3.63, 3.8) is 0 Å². The summed E-state index contributed by atoms with van der Waals surface area (Å²) in [6.45, 7) is 5.30. The topological polar surface area (TPSA) is 107 Å². The number of phenolic OH excluding ortho intramolecular Hbond substituents is 1. The number of amides is 2. The minimum absolute atomic E-state index is 0.116. The molecule has 7 nitrogen and oxygen atoms in total. The largest absolute Gasteiger partial charge is 0.508 e. The van der Waals surface area contributed by atoms with Crippen LogP contribution in [0.2, 0.25) is 0 Å². The minimum atomic E-state index is -1.03. The highest BCUT2D eigenvalue weighted by Gasteiger charge is 2.64. The summed E-state index contributed by atoms with van der Waals surface area (Å²) in [6, 6.07) is 4.72. The molecule has 0 aromatic heterocycles. The van der Waals surface area contributed by atoms with Crippen LogP contribution in [0.5, 0.6) is 5.75 Å². The van der Waals surface area contributed by atoms with Crippen molar-refractivity contribution in [3.8, 4) is 5.75 Å². The molecule has 0 radical (unpaired) electrons. The lowest BCUT2D eigenvalue weighted by atomic mass is 9.95. The van der Waals surface area contributed by atoms with Gasteiger partial charge in [0.25, 0.3) is 0 Å². The van der Waals surface area contributed by atoms with Crippen LogP contribution in [0.1, 0.15) is 32.3 Å². The van der Waals surface area contributed by atoms with Crippen molar-refractivity contribution >= 4 is 29.5 Å². The van der Waals surface area contributed by atoms with Crippen LogP contribution in [-0.4, -0.2) is 55.1 Å². The van der Waals surface area contributed by atoms with Crippen molar-refractivity contribution in [2.45, 2.75) is 48.9 Å². The Morgan fingerprint density at radius 3 is 2.44 bits per heavy atom. The number of β-lactam (4-membered cyclic amide) rings is 1. The molecule has 2 saturated heterocycles. The van der Waals surface area contributed by atoms with Gasteiger partial charge in [-0.25, -0.2) is 4.79 Å². The fraction of sp³-hybridized carbons (Fsp3) is 0.471. The molecule has 8 heteroatoms. The molecule has 134 valence electrons. The first-order valence-corrected chi connectivity index (χ1v) is 8.83. The van der Waals surface area contributed by atoms with E-state index in [9.17, 15) is 24.6 Å². The number of fused-ring (bicyclic) bond motifs is 1. The van der Waals surface area contributed by atoms with Crippen molar-refractivity contribution in [1.29, 1.82) is 0 Å². The molecular formula is C17H20N2O5S. The molecule has 1 aromatic rings. The van der Waals surface area contributed by atoms with E-state index in [1.54, 1.807) is 32.9 Å². The van der Waals surface area contributed by atoms with Crippen LogP contribution in [0, 0.1) is 0 Å². The normalized spacial score (nSPS) is 28.0. The Labute approximate surface area is 149 Å². The number of rotatable bonds is 4. The van der Waals surface area contributed by atoms with Crippen LogP contribution < -0.4 is 5.32 Å². The summed E-state index contributed by atoms with van der Waals surface area (Å²) >= 11 is 1.39. The van der Waals surface area contributed by atoms with Crippen LogP contribution in [0.25, 0.3) is 0 Å². The average molecular weight is 364 g/mol. The van der Waals surface area contributed by atoms with Crippen molar-refractivity contribution in [3.05, 3.63) is 29.8 Å². The summed E-state index contributed by atoms with van der Waals surface area (Å²) < 4.78 is -0.617. The molecule has 0 spiro atoms. The Morgan fingerprint density at radius 1 is 1.28 bits per heavy atom. The van der Waals surface area contributed by atoms with Gasteiger partial charge in [0.15, 0.2) is 0 Å². The molecule has 3 rings (SSSR count). The van der Waals surface area contributed by atoms with Crippen LogP contribution in [0.15, 0.2) is 24.3 Å². The summed E-state index contributed by atoms with van der Waals surface area (Å²) in [5.41, 5.74) is 0.724. The number of nitrogens with one attached hydrogen (secondary N) is 1. The zero-order valence-electron chi connectivity index (χ0n) is 14.1. The van der Waals surface area contributed by atoms with Crippen molar-refractivity contribution in [2.75, 3.05) is 0 Å². The number of carboxylic acids is 1. The summed E-state index contributed by atoms with van der Waals surface area (Å²) in [5.74, 6) is -2.07. The summed E-state index contributed by atoms with van der Waals surface area (Å²) in [5, 5.41) is 21.1. The van der Waals surface area contributed by atoms with E-state index in [2.05, 4.69) is 5.32 Å². The van der Waals surface area contributed by atoms with E-state index in [0.29, 0.717) is 0 Å². The number of phenols is 1. The van der Waals surface area contributed by atoms with Crippen molar-refractivity contribution < 1.29 is 24.6 Å². The highest BCUT2D eigenvalue weighted by molar-refractivity contribution is 8.01. The van der Waals surface area contributed by atoms with E-state index in [-0.39, 0.29) is 22.9 Å². The van der Waals surface area contributed by atoms with Gasteiger partial charge in [-0.2, -0.15) is 0 Å². The van der Waals surface area contributed by atoms with Gasteiger partial charge in [0.05, 0.1) is 5.92 Å². The first-order valence-electron chi connectivity index (χ1n) is 7.95. The lowest BCUT2D eigenvalue weighted by Crippen LogP contribution is -2.70. The Balaban J connectivity index is 1.70. The predicted octanol–water partition coefficient (Wildman–Crippen LogP) is 1.13. The summed E-state index contributed by atoms with van der Waals surface area (Å²) in [7, 11) is 0. The van der Waals surface area contributed by atoms with Gasteiger partial charge in [-0.15, -0.1) is 11.8 Å². The number of carbonyl (C=O) groups excluding carboxylic acids is 2. The minimum Gasteiger partial charge on any atom is -0.508 e. The van der Waals surface area contributed by atoms with Gasteiger partial charge in [0.1, 0.15) is 23.2 Å². The van der Waals surface area contributed by atoms with Gasteiger partial charge >= 0.3 is 5.97 Å². The Morgan fingerprint density at radius 2 is 1.88 bits per heavy atom. The zero-order valence-corrected chi connectivity index (χ0v) is 14.9. The maximum absolute atomic E-state index is 12.5. The molecule has 0 bridgehead atoms. The molecule has 3 N–H and O–H groups in total. The van der Waals surface area contributed by atoms with E-state index < -0.39 is 28.7 Å². The van der Waals surface area contributed by atoms with Crippen LogP contribution >= 0.6 is 11.8 Å². The van der Waals surface area contributed by atoms with E-state index >= 15 is 0 Å². The predicted molar refractivity (Wildman–Crippen MR) is 92.2 cm³/mol. The van der Waals surface area contributed by atoms with Crippen LogP contribution in [-0.2, 0) is 14.4 Å². The summed E-state index contributed by atoms with van der Waals surface area (Å²) in [6.07, 6.45) is 0. The van der Waals surface area contributed by atoms with Gasteiger partial charge in [-0.3, -0.25) is 9.59 Å². The molecular weight excluding hydrogens is 344 g/mol. The molecule has 0 saturated carbocycles. The number of nitrogens with zero attached hydrogens (tertiary/aromatic N) is 1. The molecule has 0 unspecified atom stereocenters. The van der Waals surface area contributed by atoms with E-state index in [0.717, 1.165) is 5.56 Å². The lowest BCUT2D eigenvalue weighted by Gasteiger charge is -2.43. The second kappa shape index (κ2) is 5.94. The molecule has 2 amide bonds.